The van der Waals surface area contributed by atoms with Crippen LogP contribution in [-0.4, -0.2) is 0 Å². The summed E-state index contributed by atoms with van der Waals surface area (Å²) in [5.41, 5.74) is 1.16. The highest BCUT2D eigenvalue weighted by molar-refractivity contribution is 5.05. The van der Waals surface area contributed by atoms with E-state index in [2.05, 4.69) is 41.5 Å². The SMILES string of the molecule is CCC1CC(C)(C)C1(C)C(C)C. The average molecular weight is 168 g/mol. The summed E-state index contributed by atoms with van der Waals surface area (Å²) < 4.78 is 0. The van der Waals surface area contributed by atoms with Crippen LogP contribution in [0.2, 0.25) is 0 Å². The zero-order valence-corrected chi connectivity index (χ0v) is 9.57. The van der Waals surface area contributed by atoms with Crippen LogP contribution < -0.4 is 0 Å². The molecule has 0 heteroatoms. The summed E-state index contributed by atoms with van der Waals surface area (Å²) in [7, 11) is 0. The molecule has 0 spiro atoms. The summed E-state index contributed by atoms with van der Waals surface area (Å²) in [4.78, 5) is 0. The molecule has 0 aromatic carbocycles. The standard InChI is InChI=1S/C12H24/c1-7-10-8-11(4,5)12(10,6)9(2)3/h9-10H,7-8H2,1-6H3. The fourth-order valence-corrected chi connectivity index (χ4v) is 3.29. The molecule has 0 nitrogen and oxygen atoms in total. The molecule has 0 aromatic rings. The molecule has 1 fully saturated rings. The molecule has 0 saturated heterocycles. The smallest absolute Gasteiger partial charge is 0.0223 e. The van der Waals surface area contributed by atoms with Crippen LogP contribution in [0.1, 0.15) is 54.4 Å². The second-order valence-electron chi connectivity index (χ2n) is 5.63. The molecule has 0 heterocycles. The van der Waals surface area contributed by atoms with E-state index >= 15 is 0 Å². The molecule has 0 aromatic heterocycles. The van der Waals surface area contributed by atoms with Crippen LogP contribution >= 0.6 is 0 Å². The summed E-state index contributed by atoms with van der Waals surface area (Å²) in [6.07, 6.45) is 2.79. The van der Waals surface area contributed by atoms with E-state index in [-0.39, 0.29) is 0 Å². The van der Waals surface area contributed by atoms with Crippen molar-refractivity contribution in [1.82, 2.24) is 0 Å². The van der Waals surface area contributed by atoms with E-state index in [9.17, 15) is 0 Å². The molecule has 0 N–H and O–H groups in total. The van der Waals surface area contributed by atoms with Gasteiger partial charge >= 0.3 is 0 Å². The molecule has 0 amide bonds. The van der Waals surface area contributed by atoms with E-state index in [1.54, 1.807) is 0 Å². The van der Waals surface area contributed by atoms with E-state index in [0.29, 0.717) is 10.8 Å². The van der Waals surface area contributed by atoms with Crippen molar-refractivity contribution in [2.24, 2.45) is 22.7 Å². The number of hydrogen-bond acceptors (Lipinski definition) is 0. The Morgan fingerprint density at radius 3 is 1.92 bits per heavy atom. The topological polar surface area (TPSA) is 0 Å². The second kappa shape index (κ2) is 2.75. The van der Waals surface area contributed by atoms with E-state index < -0.39 is 0 Å². The molecule has 1 saturated carbocycles. The first kappa shape index (κ1) is 10.1. The minimum Gasteiger partial charge on any atom is -0.0651 e. The number of hydrogen-bond donors (Lipinski definition) is 0. The fraction of sp³-hybridized carbons (Fsp3) is 1.00. The van der Waals surface area contributed by atoms with Gasteiger partial charge in [-0.15, -0.1) is 0 Å². The Balaban J connectivity index is 2.82. The highest BCUT2D eigenvalue weighted by Gasteiger charge is 2.57. The normalized spacial score (nSPS) is 39.8. The summed E-state index contributed by atoms with van der Waals surface area (Å²) >= 11 is 0. The van der Waals surface area contributed by atoms with Crippen molar-refractivity contribution in [3.05, 3.63) is 0 Å². The van der Waals surface area contributed by atoms with Gasteiger partial charge in [-0.2, -0.15) is 0 Å². The Morgan fingerprint density at radius 2 is 1.75 bits per heavy atom. The predicted molar refractivity (Wildman–Crippen MR) is 55.1 cm³/mol. The van der Waals surface area contributed by atoms with Gasteiger partial charge in [-0.25, -0.2) is 0 Å². The van der Waals surface area contributed by atoms with Crippen LogP contribution in [0.4, 0.5) is 0 Å². The first-order valence-electron chi connectivity index (χ1n) is 5.36. The van der Waals surface area contributed by atoms with Gasteiger partial charge in [0, 0.05) is 0 Å². The quantitative estimate of drug-likeness (QED) is 0.582. The molecule has 72 valence electrons. The van der Waals surface area contributed by atoms with E-state index in [4.69, 9.17) is 0 Å². The number of rotatable bonds is 2. The van der Waals surface area contributed by atoms with Crippen molar-refractivity contribution in [2.45, 2.75) is 54.4 Å². The lowest BCUT2D eigenvalue weighted by molar-refractivity contribution is -0.143. The Kier molecular flexibility index (Phi) is 2.31. The van der Waals surface area contributed by atoms with Gasteiger partial charge in [0.25, 0.3) is 0 Å². The van der Waals surface area contributed by atoms with Crippen LogP contribution in [0.3, 0.4) is 0 Å². The van der Waals surface area contributed by atoms with Crippen LogP contribution in [0.25, 0.3) is 0 Å². The minimum absolute atomic E-state index is 0.571. The van der Waals surface area contributed by atoms with E-state index in [0.717, 1.165) is 11.8 Å². The highest BCUT2D eigenvalue weighted by atomic mass is 14.6. The lowest BCUT2D eigenvalue weighted by atomic mass is 9.42. The molecule has 1 aliphatic carbocycles. The molecule has 0 radical (unpaired) electrons. The molecule has 12 heavy (non-hydrogen) atoms. The zero-order chi connectivity index (χ0) is 9.57. The maximum atomic E-state index is 2.48. The Bertz CT molecular complexity index is 167. The van der Waals surface area contributed by atoms with Gasteiger partial charge in [0.05, 0.1) is 0 Å². The minimum atomic E-state index is 0.571. The summed E-state index contributed by atoms with van der Waals surface area (Å²) in [5, 5.41) is 0. The van der Waals surface area contributed by atoms with Gasteiger partial charge in [0.1, 0.15) is 0 Å². The molecule has 2 unspecified atom stereocenters. The monoisotopic (exact) mass is 168 g/mol. The van der Waals surface area contributed by atoms with Crippen LogP contribution in [0.5, 0.6) is 0 Å². The summed E-state index contributed by atoms with van der Waals surface area (Å²) in [5.74, 6) is 1.79. The molecule has 1 aliphatic rings. The lowest BCUT2D eigenvalue weighted by Gasteiger charge is -2.63. The van der Waals surface area contributed by atoms with Gasteiger partial charge in [-0.05, 0) is 29.1 Å². The van der Waals surface area contributed by atoms with Gasteiger partial charge in [0.2, 0.25) is 0 Å². The maximum absolute atomic E-state index is 2.48. The Labute approximate surface area is 77.7 Å². The Morgan fingerprint density at radius 1 is 1.25 bits per heavy atom. The van der Waals surface area contributed by atoms with E-state index in [1.165, 1.54) is 12.8 Å². The van der Waals surface area contributed by atoms with Crippen LogP contribution in [0, 0.1) is 22.7 Å². The molecular weight excluding hydrogens is 144 g/mol. The third-order valence-corrected chi connectivity index (χ3v) is 4.76. The van der Waals surface area contributed by atoms with Crippen molar-refractivity contribution >= 4 is 0 Å². The molecular formula is C12H24. The van der Waals surface area contributed by atoms with Gasteiger partial charge in [-0.1, -0.05) is 48.0 Å². The third kappa shape index (κ3) is 1.03. The van der Waals surface area contributed by atoms with Gasteiger partial charge < -0.3 is 0 Å². The molecule has 2 atom stereocenters. The van der Waals surface area contributed by atoms with Crippen molar-refractivity contribution in [1.29, 1.82) is 0 Å². The van der Waals surface area contributed by atoms with Gasteiger partial charge in [0.15, 0.2) is 0 Å². The Hall–Kier alpha value is 0. The fourth-order valence-electron chi connectivity index (χ4n) is 3.29. The molecule has 0 bridgehead atoms. The predicted octanol–water partition coefficient (Wildman–Crippen LogP) is 4.10. The van der Waals surface area contributed by atoms with Crippen LogP contribution in [-0.2, 0) is 0 Å². The van der Waals surface area contributed by atoms with Crippen molar-refractivity contribution in [3.8, 4) is 0 Å². The zero-order valence-electron chi connectivity index (χ0n) is 9.57. The first-order chi connectivity index (χ1) is 5.36. The summed E-state index contributed by atoms with van der Waals surface area (Å²) in [6.45, 7) is 14.4. The van der Waals surface area contributed by atoms with Crippen LogP contribution in [0.15, 0.2) is 0 Å². The third-order valence-electron chi connectivity index (χ3n) is 4.76. The summed E-state index contributed by atoms with van der Waals surface area (Å²) in [6, 6.07) is 0. The molecule has 1 rings (SSSR count). The maximum Gasteiger partial charge on any atom is -0.0223 e. The second-order valence-corrected chi connectivity index (χ2v) is 5.63. The largest absolute Gasteiger partial charge is 0.0651 e. The van der Waals surface area contributed by atoms with Crippen molar-refractivity contribution in [3.63, 3.8) is 0 Å². The molecule has 0 aliphatic heterocycles. The average Bonchev–Trinajstić information content (AvgIpc) is 1.98. The lowest BCUT2D eigenvalue weighted by Crippen LogP contribution is -2.56. The van der Waals surface area contributed by atoms with Crippen molar-refractivity contribution < 1.29 is 0 Å². The first-order valence-corrected chi connectivity index (χ1v) is 5.36. The van der Waals surface area contributed by atoms with E-state index in [1.807, 2.05) is 0 Å². The van der Waals surface area contributed by atoms with Gasteiger partial charge in [-0.3, -0.25) is 0 Å². The van der Waals surface area contributed by atoms with Crippen molar-refractivity contribution in [2.75, 3.05) is 0 Å². The highest BCUT2D eigenvalue weighted by Crippen LogP contribution is 2.64.